The van der Waals surface area contributed by atoms with Gasteiger partial charge in [-0.1, -0.05) is 11.1 Å². The molecule has 0 heterocycles. The van der Waals surface area contributed by atoms with Crippen LogP contribution in [0.5, 0.6) is 0 Å². The summed E-state index contributed by atoms with van der Waals surface area (Å²) in [6.45, 7) is 2.36. The summed E-state index contributed by atoms with van der Waals surface area (Å²) in [5, 5.41) is 0. The van der Waals surface area contributed by atoms with E-state index in [0.717, 1.165) is 6.42 Å². The molecule has 0 aromatic heterocycles. The number of rotatable bonds is 2. The molecule has 2 heteroatoms. The van der Waals surface area contributed by atoms with Crippen LogP contribution in [0.1, 0.15) is 26.2 Å². The van der Waals surface area contributed by atoms with Gasteiger partial charge in [0, 0.05) is 0 Å². The first-order valence-electron chi connectivity index (χ1n) is 4.20. The van der Waals surface area contributed by atoms with E-state index in [1.807, 2.05) is 6.92 Å². The predicted molar refractivity (Wildman–Crippen MR) is 41.0 cm³/mol. The van der Waals surface area contributed by atoms with Crippen LogP contribution >= 0.6 is 0 Å². The molecule has 2 nitrogen and oxygen atoms in total. The van der Waals surface area contributed by atoms with Gasteiger partial charge in [0.25, 0.3) is 0 Å². The Bertz CT molecular complexity index is 222. The number of hydrogen-bond acceptors (Lipinski definition) is 2. The minimum absolute atomic E-state index is 0.0121. The lowest BCUT2D eigenvalue weighted by Gasteiger charge is -1.96. The third-order valence-corrected chi connectivity index (χ3v) is 2.21. The van der Waals surface area contributed by atoms with E-state index >= 15 is 0 Å². The van der Waals surface area contributed by atoms with Crippen LogP contribution in [0.3, 0.4) is 0 Å². The number of ether oxygens (including phenoxy) is 1. The van der Waals surface area contributed by atoms with Gasteiger partial charge in [-0.2, -0.15) is 0 Å². The zero-order valence-electron chi connectivity index (χ0n) is 6.72. The minimum atomic E-state index is -0.0121. The van der Waals surface area contributed by atoms with Crippen LogP contribution in [0.2, 0.25) is 0 Å². The van der Waals surface area contributed by atoms with Crippen LogP contribution in [-0.4, -0.2) is 12.6 Å². The highest BCUT2D eigenvalue weighted by Gasteiger charge is 2.42. The third-order valence-electron chi connectivity index (χ3n) is 2.21. The molecule has 0 amide bonds. The second-order valence-corrected chi connectivity index (χ2v) is 3.14. The van der Waals surface area contributed by atoms with Crippen LogP contribution in [0.25, 0.3) is 0 Å². The summed E-state index contributed by atoms with van der Waals surface area (Å²) < 4.78 is 4.90. The van der Waals surface area contributed by atoms with Crippen molar-refractivity contribution in [1.82, 2.24) is 0 Å². The standard InChI is InChI=1S/C9H12O2/c1-2-11-9(10)8-5-7(8)6-3-4-6/h8H,2-5H2,1H3/t8-/m1/s1. The van der Waals surface area contributed by atoms with Crippen LogP contribution < -0.4 is 0 Å². The largest absolute Gasteiger partial charge is 0.466 e. The molecular formula is C9H12O2. The summed E-state index contributed by atoms with van der Waals surface area (Å²) in [5.74, 6) is 0.148. The first kappa shape index (κ1) is 6.89. The van der Waals surface area contributed by atoms with Gasteiger partial charge in [-0.3, -0.25) is 4.79 Å². The Morgan fingerprint density at radius 1 is 1.64 bits per heavy atom. The number of carbonyl (C=O) groups excluding carboxylic acids is 1. The van der Waals surface area contributed by atoms with Crippen LogP contribution in [0, 0.1) is 5.92 Å². The van der Waals surface area contributed by atoms with Gasteiger partial charge in [0.05, 0.1) is 12.5 Å². The SMILES string of the molecule is CCOC(=O)[C@@H]1CC1=C1CC1. The Morgan fingerprint density at radius 2 is 2.36 bits per heavy atom. The summed E-state index contributed by atoms with van der Waals surface area (Å²) in [6.07, 6.45) is 3.44. The number of allylic oxidation sites excluding steroid dienone is 1. The van der Waals surface area contributed by atoms with Crippen LogP contribution in [0.15, 0.2) is 11.1 Å². The summed E-state index contributed by atoms with van der Waals surface area (Å²) in [7, 11) is 0. The van der Waals surface area contributed by atoms with E-state index in [4.69, 9.17) is 4.74 Å². The lowest BCUT2D eigenvalue weighted by atomic mass is 10.4. The molecule has 0 unspecified atom stereocenters. The van der Waals surface area contributed by atoms with Gasteiger partial charge in [-0.25, -0.2) is 0 Å². The van der Waals surface area contributed by atoms with Crippen molar-refractivity contribution in [3.63, 3.8) is 0 Å². The van der Waals surface area contributed by atoms with Crippen molar-refractivity contribution in [3.05, 3.63) is 11.1 Å². The van der Waals surface area contributed by atoms with Crippen molar-refractivity contribution in [2.24, 2.45) is 5.92 Å². The highest BCUT2D eigenvalue weighted by molar-refractivity contribution is 5.81. The second-order valence-electron chi connectivity index (χ2n) is 3.14. The van der Waals surface area contributed by atoms with Crippen molar-refractivity contribution in [1.29, 1.82) is 0 Å². The average molecular weight is 152 g/mol. The van der Waals surface area contributed by atoms with E-state index in [1.165, 1.54) is 24.0 Å². The monoisotopic (exact) mass is 152 g/mol. The first-order chi connectivity index (χ1) is 5.33. The maximum Gasteiger partial charge on any atom is 0.313 e. The predicted octanol–water partition coefficient (Wildman–Crippen LogP) is 1.66. The van der Waals surface area contributed by atoms with Crippen molar-refractivity contribution in [2.45, 2.75) is 26.2 Å². The van der Waals surface area contributed by atoms with Gasteiger partial charge in [0.15, 0.2) is 0 Å². The summed E-state index contributed by atoms with van der Waals surface area (Å²) in [5.41, 5.74) is 2.89. The van der Waals surface area contributed by atoms with Gasteiger partial charge in [-0.15, -0.1) is 0 Å². The Hall–Kier alpha value is -0.790. The third kappa shape index (κ3) is 1.30. The fraction of sp³-hybridized carbons (Fsp3) is 0.667. The molecule has 11 heavy (non-hydrogen) atoms. The molecule has 2 rings (SSSR count). The molecule has 0 aromatic rings. The maximum absolute atomic E-state index is 11.1. The van der Waals surface area contributed by atoms with Gasteiger partial charge in [0.1, 0.15) is 0 Å². The summed E-state index contributed by atoms with van der Waals surface area (Å²) in [6, 6.07) is 0. The molecule has 0 bridgehead atoms. The van der Waals surface area contributed by atoms with E-state index < -0.39 is 0 Å². The van der Waals surface area contributed by atoms with E-state index in [2.05, 4.69) is 0 Å². The van der Waals surface area contributed by atoms with E-state index in [0.29, 0.717) is 6.61 Å². The van der Waals surface area contributed by atoms with Crippen LogP contribution in [-0.2, 0) is 9.53 Å². The quantitative estimate of drug-likeness (QED) is 0.444. The van der Waals surface area contributed by atoms with E-state index in [9.17, 15) is 4.79 Å². The normalized spacial score (nSPS) is 26.8. The van der Waals surface area contributed by atoms with Gasteiger partial charge in [0.2, 0.25) is 0 Å². The Labute approximate surface area is 66.2 Å². The average Bonchev–Trinajstić information content (AvgIpc) is 2.83. The molecule has 2 aliphatic carbocycles. The number of hydrogen-bond donors (Lipinski definition) is 0. The van der Waals surface area contributed by atoms with E-state index in [-0.39, 0.29) is 11.9 Å². The Balaban J connectivity index is 1.90. The molecule has 0 saturated heterocycles. The minimum Gasteiger partial charge on any atom is -0.466 e. The van der Waals surface area contributed by atoms with Gasteiger partial charge < -0.3 is 4.74 Å². The molecule has 0 spiro atoms. The molecule has 0 radical (unpaired) electrons. The molecule has 0 aliphatic heterocycles. The molecular weight excluding hydrogens is 140 g/mol. The molecule has 60 valence electrons. The van der Waals surface area contributed by atoms with Crippen LogP contribution in [0.4, 0.5) is 0 Å². The smallest absolute Gasteiger partial charge is 0.313 e. The summed E-state index contributed by atoms with van der Waals surface area (Å²) in [4.78, 5) is 11.1. The first-order valence-corrected chi connectivity index (χ1v) is 4.20. The van der Waals surface area contributed by atoms with Crippen molar-refractivity contribution in [3.8, 4) is 0 Å². The fourth-order valence-electron chi connectivity index (χ4n) is 1.40. The van der Waals surface area contributed by atoms with Gasteiger partial charge in [-0.05, 0) is 26.2 Å². The molecule has 2 aliphatic rings. The maximum atomic E-state index is 11.1. The fourth-order valence-corrected chi connectivity index (χ4v) is 1.40. The zero-order valence-corrected chi connectivity index (χ0v) is 6.72. The van der Waals surface area contributed by atoms with E-state index in [1.54, 1.807) is 0 Å². The summed E-state index contributed by atoms with van der Waals surface area (Å²) >= 11 is 0. The number of esters is 1. The van der Waals surface area contributed by atoms with Gasteiger partial charge >= 0.3 is 5.97 Å². The molecule has 1 atom stereocenters. The Morgan fingerprint density at radius 3 is 2.91 bits per heavy atom. The van der Waals surface area contributed by atoms with Crippen molar-refractivity contribution < 1.29 is 9.53 Å². The zero-order chi connectivity index (χ0) is 7.84. The number of carbonyl (C=O) groups is 1. The molecule has 2 fully saturated rings. The highest BCUT2D eigenvalue weighted by Crippen LogP contribution is 2.48. The molecule has 0 aromatic carbocycles. The Kier molecular flexibility index (Phi) is 1.48. The van der Waals surface area contributed by atoms with Crippen molar-refractivity contribution >= 4 is 5.97 Å². The molecule has 0 N–H and O–H groups in total. The lowest BCUT2D eigenvalue weighted by Crippen LogP contribution is -2.05. The highest BCUT2D eigenvalue weighted by atomic mass is 16.5. The lowest BCUT2D eigenvalue weighted by molar-refractivity contribution is -0.144. The topological polar surface area (TPSA) is 26.3 Å². The second kappa shape index (κ2) is 2.36. The molecule has 2 saturated carbocycles. The van der Waals surface area contributed by atoms with Crippen molar-refractivity contribution in [2.75, 3.05) is 6.61 Å².